The van der Waals surface area contributed by atoms with Gasteiger partial charge < -0.3 is 4.90 Å². The molecule has 1 amide bonds. The molecule has 1 saturated heterocycles. The minimum atomic E-state index is 0.248. The number of carbonyl (C=O) groups excluding carboxylic acids is 1. The summed E-state index contributed by atoms with van der Waals surface area (Å²) >= 11 is 1.65. The third-order valence-electron chi connectivity index (χ3n) is 4.23. The van der Waals surface area contributed by atoms with Crippen LogP contribution in [0.4, 0.5) is 0 Å². The van der Waals surface area contributed by atoms with Crippen molar-refractivity contribution in [3.8, 4) is 10.6 Å². The zero-order valence-corrected chi connectivity index (χ0v) is 14.0. The number of aromatic nitrogens is 1. The summed E-state index contributed by atoms with van der Waals surface area (Å²) in [6.07, 6.45) is 2.86. The maximum absolute atomic E-state index is 12.5. The molecule has 1 aromatic heterocycles. The van der Waals surface area contributed by atoms with Crippen molar-refractivity contribution in [2.24, 2.45) is 5.92 Å². The normalized spacial score (nSPS) is 18.5. The van der Waals surface area contributed by atoms with Gasteiger partial charge in [0.15, 0.2) is 0 Å². The quantitative estimate of drug-likeness (QED) is 0.860. The van der Waals surface area contributed by atoms with Gasteiger partial charge in [0.1, 0.15) is 5.01 Å². The number of thiazole rings is 1. The van der Waals surface area contributed by atoms with E-state index in [9.17, 15) is 4.79 Å². The van der Waals surface area contributed by atoms with Gasteiger partial charge >= 0.3 is 0 Å². The summed E-state index contributed by atoms with van der Waals surface area (Å²) in [4.78, 5) is 20.3. The minimum Gasteiger partial charge on any atom is -0.342 e. The van der Waals surface area contributed by atoms with Gasteiger partial charge in [-0.2, -0.15) is 0 Å². The highest BCUT2D eigenvalue weighted by atomic mass is 32.1. The number of rotatable bonds is 3. The Morgan fingerprint density at radius 3 is 2.86 bits per heavy atom. The maximum Gasteiger partial charge on any atom is 0.227 e. The summed E-state index contributed by atoms with van der Waals surface area (Å²) in [7, 11) is 0. The lowest BCUT2D eigenvalue weighted by Gasteiger charge is -2.30. The van der Waals surface area contributed by atoms with Crippen molar-refractivity contribution < 1.29 is 4.79 Å². The third-order valence-corrected chi connectivity index (χ3v) is 5.44. The Morgan fingerprint density at radius 2 is 2.14 bits per heavy atom. The molecular formula is C18H22N2OS. The highest BCUT2D eigenvalue weighted by Crippen LogP contribution is 2.28. The van der Waals surface area contributed by atoms with Crippen LogP contribution in [0.1, 0.15) is 30.3 Å². The summed E-state index contributed by atoms with van der Waals surface area (Å²) in [5, 5.41) is 1.01. The monoisotopic (exact) mass is 314 g/mol. The Bertz CT molecular complexity index is 650. The second-order valence-electron chi connectivity index (χ2n) is 6.16. The minimum absolute atomic E-state index is 0.248. The van der Waals surface area contributed by atoms with Crippen LogP contribution in [0, 0.1) is 12.8 Å². The van der Waals surface area contributed by atoms with Gasteiger partial charge in [-0.1, -0.05) is 37.3 Å². The van der Waals surface area contributed by atoms with Crippen molar-refractivity contribution in [3.63, 3.8) is 0 Å². The zero-order chi connectivity index (χ0) is 15.5. The number of carbonyl (C=O) groups is 1. The molecule has 0 N–H and O–H groups in total. The molecule has 2 heterocycles. The molecule has 3 nitrogen and oxygen atoms in total. The number of piperidine rings is 1. The van der Waals surface area contributed by atoms with Gasteiger partial charge in [0, 0.05) is 23.5 Å². The standard InChI is InChI=1S/C18H22N2OS/c1-13-7-6-10-20(12-13)17(21)11-16-14(2)19-18(22-16)15-8-4-3-5-9-15/h3-5,8-9,13H,6-7,10-12H2,1-2H3. The molecule has 0 spiro atoms. The fourth-order valence-corrected chi connectivity index (χ4v) is 4.02. The number of likely N-dealkylation sites (tertiary alicyclic amines) is 1. The Balaban J connectivity index is 1.73. The lowest BCUT2D eigenvalue weighted by Crippen LogP contribution is -2.39. The Hall–Kier alpha value is -1.68. The Kier molecular flexibility index (Phi) is 4.57. The van der Waals surface area contributed by atoms with E-state index in [1.54, 1.807) is 11.3 Å². The first kappa shape index (κ1) is 15.2. The molecule has 1 unspecified atom stereocenters. The topological polar surface area (TPSA) is 33.2 Å². The summed E-state index contributed by atoms with van der Waals surface area (Å²) in [6.45, 7) is 6.05. The van der Waals surface area contributed by atoms with Gasteiger partial charge in [0.2, 0.25) is 5.91 Å². The molecule has 1 aliphatic rings. The van der Waals surface area contributed by atoms with Crippen LogP contribution in [0.25, 0.3) is 10.6 Å². The van der Waals surface area contributed by atoms with Crippen LogP contribution in [-0.2, 0) is 11.2 Å². The van der Waals surface area contributed by atoms with E-state index in [1.165, 1.54) is 6.42 Å². The van der Waals surface area contributed by atoms with Gasteiger partial charge in [0.25, 0.3) is 0 Å². The molecule has 1 fully saturated rings. The summed E-state index contributed by atoms with van der Waals surface area (Å²) in [5.74, 6) is 0.873. The number of hydrogen-bond donors (Lipinski definition) is 0. The first-order valence-corrected chi connectivity index (χ1v) is 8.74. The van der Waals surface area contributed by atoms with Gasteiger partial charge in [-0.05, 0) is 25.7 Å². The first-order valence-electron chi connectivity index (χ1n) is 7.93. The van der Waals surface area contributed by atoms with Crippen molar-refractivity contribution in [1.29, 1.82) is 0 Å². The zero-order valence-electron chi connectivity index (χ0n) is 13.2. The van der Waals surface area contributed by atoms with Crippen molar-refractivity contribution in [1.82, 2.24) is 9.88 Å². The smallest absolute Gasteiger partial charge is 0.227 e. The summed E-state index contributed by atoms with van der Waals surface area (Å²) < 4.78 is 0. The molecule has 22 heavy (non-hydrogen) atoms. The van der Waals surface area contributed by atoms with Crippen LogP contribution >= 0.6 is 11.3 Å². The van der Waals surface area contributed by atoms with E-state index >= 15 is 0 Å². The van der Waals surface area contributed by atoms with Crippen molar-refractivity contribution in [3.05, 3.63) is 40.9 Å². The largest absolute Gasteiger partial charge is 0.342 e. The number of aryl methyl sites for hydroxylation is 1. The Labute approximate surface area is 136 Å². The summed E-state index contributed by atoms with van der Waals surface area (Å²) in [6, 6.07) is 10.2. The summed E-state index contributed by atoms with van der Waals surface area (Å²) in [5.41, 5.74) is 2.11. The molecule has 3 rings (SSSR count). The van der Waals surface area contributed by atoms with Crippen molar-refractivity contribution >= 4 is 17.2 Å². The van der Waals surface area contributed by atoms with Gasteiger partial charge in [-0.3, -0.25) is 4.79 Å². The molecule has 0 saturated carbocycles. The van der Waals surface area contributed by atoms with E-state index in [0.717, 1.165) is 40.7 Å². The molecule has 4 heteroatoms. The van der Waals surface area contributed by atoms with Crippen molar-refractivity contribution in [2.45, 2.75) is 33.1 Å². The van der Waals surface area contributed by atoms with E-state index in [0.29, 0.717) is 12.3 Å². The highest BCUT2D eigenvalue weighted by molar-refractivity contribution is 7.15. The highest BCUT2D eigenvalue weighted by Gasteiger charge is 2.22. The molecule has 0 aliphatic carbocycles. The van der Waals surface area contributed by atoms with Gasteiger partial charge in [0.05, 0.1) is 12.1 Å². The van der Waals surface area contributed by atoms with Crippen LogP contribution in [-0.4, -0.2) is 28.9 Å². The molecule has 1 aliphatic heterocycles. The van der Waals surface area contributed by atoms with E-state index in [4.69, 9.17) is 0 Å². The van der Waals surface area contributed by atoms with E-state index in [2.05, 4.69) is 24.0 Å². The average molecular weight is 314 g/mol. The number of benzene rings is 1. The fourth-order valence-electron chi connectivity index (χ4n) is 2.96. The van der Waals surface area contributed by atoms with Crippen LogP contribution in [0.2, 0.25) is 0 Å². The molecular weight excluding hydrogens is 292 g/mol. The predicted octanol–water partition coefficient (Wildman–Crippen LogP) is 3.92. The second kappa shape index (κ2) is 6.61. The maximum atomic E-state index is 12.5. The molecule has 116 valence electrons. The Morgan fingerprint density at radius 1 is 1.36 bits per heavy atom. The first-order chi connectivity index (χ1) is 10.6. The third kappa shape index (κ3) is 3.38. The predicted molar refractivity (Wildman–Crippen MR) is 91.0 cm³/mol. The molecule has 1 atom stereocenters. The van der Waals surface area contributed by atoms with Gasteiger partial charge in [-0.25, -0.2) is 4.98 Å². The lowest BCUT2D eigenvalue weighted by atomic mass is 10.00. The van der Waals surface area contributed by atoms with Gasteiger partial charge in [-0.15, -0.1) is 11.3 Å². The van der Waals surface area contributed by atoms with Crippen LogP contribution in [0.3, 0.4) is 0 Å². The number of nitrogens with zero attached hydrogens (tertiary/aromatic N) is 2. The molecule has 2 aromatic rings. The van der Waals surface area contributed by atoms with Crippen LogP contribution in [0.15, 0.2) is 30.3 Å². The van der Waals surface area contributed by atoms with E-state index in [-0.39, 0.29) is 5.91 Å². The fraction of sp³-hybridized carbons (Fsp3) is 0.444. The SMILES string of the molecule is Cc1nc(-c2ccccc2)sc1CC(=O)N1CCCC(C)C1. The van der Waals surface area contributed by atoms with Crippen molar-refractivity contribution in [2.75, 3.05) is 13.1 Å². The molecule has 0 radical (unpaired) electrons. The van der Waals surface area contributed by atoms with Crippen LogP contribution in [0.5, 0.6) is 0 Å². The van der Waals surface area contributed by atoms with E-state index < -0.39 is 0 Å². The lowest BCUT2D eigenvalue weighted by molar-refractivity contribution is -0.132. The van der Waals surface area contributed by atoms with Crippen LogP contribution < -0.4 is 0 Å². The second-order valence-corrected chi connectivity index (χ2v) is 7.24. The van der Waals surface area contributed by atoms with E-state index in [1.807, 2.05) is 30.0 Å². The molecule has 1 aromatic carbocycles. The average Bonchev–Trinajstić information content (AvgIpc) is 2.89. The molecule has 0 bridgehead atoms. The number of amides is 1. The number of hydrogen-bond acceptors (Lipinski definition) is 3.